The van der Waals surface area contributed by atoms with Gasteiger partial charge in [-0.2, -0.15) is 0 Å². The van der Waals surface area contributed by atoms with Gasteiger partial charge in [-0.25, -0.2) is 4.39 Å². The van der Waals surface area contributed by atoms with Gasteiger partial charge in [0.25, 0.3) is 5.91 Å². The van der Waals surface area contributed by atoms with Gasteiger partial charge in [-0.15, -0.1) is 11.8 Å². The van der Waals surface area contributed by atoms with Gasteiger partial charge in [-0.1, -0.05) is 12.1 Å². The molecule has 2 aromatic carbocycles. The van der Waals surface area contributed by atoms with E-state index in [4.69, 9.17) is 0 Å². The molecular weight excluding hydrogens is 297 g/mol. The maximum atomic E-state index is 13.0. The van der Waals surface area contributed by atoms with Crippen molar-refractivity contribution in [2.75, 3.05) is 12.8 Å². The van der Waals surface area contributed by atoms with Crippen LogP contribution in [0.25, 0.3) is 0 Å². The summed E-state index contributed by atoms with van der Waals surface area (Å²) in [7, 11) is 0. The van der Waals surface area contributed by atoms with E-state index in [0.29, 0.717) is 12.1 Å². The highest BCUT2D eigenvalue weighted by atomic mass is 32.2. The zero-order valence-electron chi connectivity index (χ0n) is 12.4. The molecule has 114 valence electrons. The third kappa shape index (κ3) is 3.17. The lowest BCUT2D eigenvalue weighted by Crippen LogP contribution is -2.32. The van der Waals surface area contributed by atoms with Gasteiger partial charge in [0.05, 0.1) is 0 Å². The number of rotatable bonds is 5. The van der Waals surface area contributed by atoms with Crippen LogP contribution in [0, 0.1) is 5.82 Å². The van der Waals surface area contributed by atoms with Crippen LogP contribution in [-0.4, -0.2) is 18.7 Å². The van der Waals surface area contributed by atoms with Gasteiger partial charge in [0, 0.05) is 22.4 Å². The molecule has 0 atom stereocenters. The standard InChI is InChI=1S/C18H18FNOS/c1-22-16-8-2-13(3-9-16)17(21)20-12-18(10-11-18)14-4-6-15(19)7-5-14/h2-9H,10-12H2,1H3,(H,20,21). The fraction of sp³-hybridized carbons (Fsp3) is 0.278. The van der Waals surface area contributed by atoms with E-state index in [2.05, 4.69) is 5.32 Å². The molecule has 0 radical (unpaired) electrons. The highest BCUT2D eigenvalue weighted by molar-refractivity contribution is 7.98. The van der Waals surface area contributed by atoms with E-state index in [1.807, 2.05) is 42.7 Å². The first-order chi connectivity index (χ1) is 10.6. The summed E-state index contributed by atoms with van der Waals surface area (Å²) < 4.78 is 13.0. The van der Waals surface area contributed by atoms with Gasteiger partial charge in [0.2, 0.25) is 0 Å². The SMILES string of the molecule is CSc1ccc(C(=O)NCC2(c3ccc(F)cc3)CC2)cc1. The van der Waals surface area contributed by atoms with Crippen molar-refractivity contribution in [2.24, 2.45) is 0 Å². The number of amides is 1. The molecule has 0 spiro atoms. The topological polar surface area (TPSA) is 29.1 Å². The Hall–Kier alpha value is -1.81. The zero-order valence-corrected chi connectivity index (χ0v) is 13.3. The van der Waals surface area contributed by atoms with Crippen molar-refractivity contribution in [1.82, 2.24) is 5.32 Å². The van der Waals surface area contributed by atoms with Crippen molar-refractivity contribution in [3.05, 3.63) is 65.5 Å². The average Bonchev–Trinajstić information content (AvgIpc) is 3.34. The molecule has 0 bridgehead atoms. The van der Waals surface area contributed by atoms with Gasteiger partial charge in [0.15, 0.2) is 0 Å². The highest BCUT2D eigenvalue weighted by Crippen LogP contribution is 2.47. The van der Waals surface area contributed by atoms with E-state index in [9.17, 15) is 9.18 Å². The van der Waals surface area contributed by atoms with Crippen LogP contribution >= 0.6 is 11.8 Å². The molecule has 22 heavy (non-hydrogen) atoms. The predicted molar refractivity (Wildman–Crippen MR) is 87.9 cm³/mol. The smallest absolute Gasteiger partial charge is 0.251 e. The minimum Gasteiger partial charge on any atom is -0.351 e. The molecule has 4 heteroatoms. The van der Waals surface area contributed by atoms with Crippen molar-refractivity contribution < 1.29 is 9.18 Å². The quantitative estimate of drug-likeness (QED) is 0.845. The minimum absolute atomic E-state index is 0.0113. The number of hydrogen-bond acceptors (Lipinski definition) is 2. The second-order valence-electron chi connectivity index (χ2n) is 5.70. The van der Waals surface area contributed by atoms with E-state index in [1.54, 1.807) is 11.8 Å². The first kappa shape index (κ1) is 15.1. The molecule has 2 nitrogen and oxygen atoms in total. The summed E-state index contributed by atoms with van der Waals surface area (Å²) in [6.07, 6.45) is 4.07. The third-order valence-corrected chi connectivity index (χ3v) is 4.99. The molecule has 1 aliphatic carbocycles. The Morgan fingerprint density at radius 1 is 1.14 bits per heavy atom. The summed E-state index contributed by atoms with van der Waals surface area (Å²) in [6, 6.07) is 14.2. The molecule has 1 fully saturated rings. The number of benzene rings is 2. The molecule has 1 aliphatic rings. The molecular formula is C18H18FNOS. The van der Waals surface area contributed by atoms with Crippen molar-refractivity contribution >= 4 is 17.7 Å². The van der Waals surface area contributed by atoms with Gasteiger partial charge >= 0.3 is 0 Å². The van der Waals surface area contributed by atoms with Gasteiger partial charge < -0.3 is 5.32 Å². The Bertz CT molecular complexity index is 662. The first-order valence-electron chi connectivity index (χ1n) is 7.31. The van der Waals surface area contributed by atoms with E-state index in [1.165, 1.54) is 12.1 Å². The summed E-state index contributed by atoms with van der Waals surface area (Å²) in [4.78, 5) is 13.4. The summed E-state index contributed by atoms with van der Waals surface area (Å²) >= 11 is 1.65. The zero-order chi connectivity index (χ0) is 15.6. The maximum Gasteiger partial charge on any atom is 0.251 e. The molecule has 0 heterocycles. The molecule has 0 aromatic heterocycles. The fourth-order valence-electron chi connectivity index (χ4n) is 2.62. The number of nitrogens with one attached hydrogen (secondary N) is 1. The summed E-state index contributed by atoms with van der Waals surface area (Å²) in [5.41, 5.74) is 1.77. The monoisotopic (exact) mass is 315 g/mol. The first-order valence-corrected chi connectivity index (χ1v) is 8.54. The number of carbonyl (C=O) groups excluding carboxylic acids is 1. The van der Waals surface area contributed by atoms with Crippen LogP contribution in [0.2, 0.25) is 0 Å². The molecule has 2 aromatic rings. The number of carbonyl (C=O) groups is 1. The van der Waals surface area contributed by atoms with E-state index in [-0.39, 0.29) is 17.1 Å². The van der Waals surface area contributed by atoms with Crippen LogP contribution in [-0.2, 0) is 5.41 Å². The fourth-order valence-corrected chi connectivity index (χ4v) is 3.02. The lowest BCUT2D eigenvalue weighted by atomic mass is 9.96. The van der Waals surface area contributed by atoms with Gasteiger partial charge in [0.1, 0.15) is 5.82 Å². The van der Waals surface area contributed by atoms with Crippen molar-refractivity contribution in [3.63, 3.8) is 0 Å². The largest absolute Gasteiger partial charge is 0.351 e. The molecule has 0 saturated heterocycles. The van der Waals surface area contributed by atoms with Gasteiger partial charge in [-0.3, -0.25) is 4.79 Å². The van der Waals surface area contributed by atoms with Crippen LogP contribution in [0.3, 0.4) is 0 Å². The van der Waals surface area contributed by atoms with Crippen LogP contribution in [0.4, 0.5) is 4.39 Å². The van der Waals surface area contributed by atoms with Crippen molar-refractivity contribution in [2.45, 2.75) is 23.2 Å². The van der Waals surface area contributed by atoms with E-state index < -0.39 is 0 Å². The molecule has 0 unspecified atom stereocenters. The predicted octanol–water partition coefficient (Wildman–Crippen LogP) is 4.01. The normalized spacial score (nSPS) is 15.4. The van der Waals surface area contributed by atoms with Crippen molar-refractivity contribution in [3.8, 4) is 0 Å². The van der Waals surface area contributed by atoms with E-state index >= 15 is 0 Å². The van der Waals surface area contributed by atoms with Gasteiger partial charge in [-0.05, 0) is 61.1 Å². The summed E-state index contributed by atoms with van der Waals surface area (Å²) in [6.45, 7) is 0.599. The number of hydrogen-bond donors (Lipinski definition) is 1. The molecule has 1 saturated carbocycles. The Balaban J connectivity index is 1.64. The maximum absolute atomic E-state index is 13.0. The van der Waals surface area contributed by atoms with Crippen LogP contribution in [0.5, 0.6) is 0 Å². The molecule has 0 aliphatic heterocycles. The lowest BCUT2D eigenvalue weighted by molar-refractivity contribution is 0.0949. The molecule has 1 amide bonds. The molecule has 3 rings (SSSR count). The van der Waals surface area contributed by atoms with Crippen LogP contribution in [0.1, 0.15) is 28.8 Å². The molecule has 1 N–H and O–H groups in total. The Morgan fingerprint density at radius 2 is 1.77 bits per heavy atom. The number of halogens is 1. The number of thioether (sulfide) groups is 1. The second-order valence-corrected chi connectivity index (χ2v) is 6.58. The minimum atomic E-state index is -0.225. The average molecular weight is 315 g/mol. The second kappa shape index (κ2) is 6.13. The Labute approximate surface area is 134 Å². The van der Waals surface area contributed by atoms with Crippen molar-refractivity contribution in [1.29, 1.82) is 0 Å². The van der Waals surface area contributed by atoms with E-state index in [0.717, 1.165) is 23.3 Å². The summed E-state index contributed by atoms with van der Waals surface area (Å²) in [5.74, 6) is -0.279. The third-order valence-electron chi connectivity index (χ3n) is 4.25. The van der Waals surface area contributed by atoms with Crippen LogP contribution in [0.15, 0.2) is 53.4 Å². The Kier molecular flexibility index (Phi) is 4.21. The van der Waals surface area contributed by atoms with Crippen LogP contribution < -0.4 is 5.32 Å². The highest BCUT2D eigenvalue weighted by Gasteiger charge is 2.44. The lowest BCUT2D eigenvalue weighted by Gasteiger charge is -2.16. The Morgan fingerprint density at radius 3 is 2.32 bits per heavy atom. The summed E-state index contributed by atoms with van der Waals surface area (Å²) in [5, 5.41) is 3.01.